The Morgan fingerprint density at radius 2 is 1.88 bits per heavy atom. The Kier molecular flexibility index (Phi) is 4.03. The minimum absolute atomic E-state index is 0.00569. The van der Waals surface area contributed by atoms with Crippen molar-refractivity contribution in [1.29, 1.82) is 0 Å². The Bertz CT molecular complexity index is 876. The number of hydrogen-bond acceptors (Lipinski definition) is 5. The molecule has 0 saturated carbocycles. The maximum absolute atomic E-state index is 11.6. The summed E-state index contributed by atoms with van der Waals surface area (Å²) in [4.78, 5) is 11.3. The number of hydrogen-bond donors (Lipinski definition) is 1. The van der Waals surface area contributed by atoms with Crippen molar-refractivity contribution in [2.75, 3.05) is 19.5 Å². The van der Waals surface area contributed by atoms with Crippen LogP contribution < -0.4 is 14.8 Å². The van der Waals surface area contributed by atoms with Crippen molar-refractivity contribution in [3.8, 4) is 11.5 Å². The van der Waals surface area contributed by atoms with E-state index in [0.717, 1.165) is 29.0 Å². The van der Waals surface area contributed by atoms with E-state index < -0.39 is 0 Å². The summed E-state index contributed by atoms with van der Waals surface area (Å²) in [6.45, 7) is 0. The molecule has 1 aliphatic heterocycles. The summed E-state index contributed by atoms with van der Waals surface area (Å²) in [5.74, 6) is 1.65. The van der Waals surface area contributed by atoms with E-state index in [2.05, 4.69) is 17.5 Å². The zero-order valence-corrected chi connectivity index (χ0v) is 14.6. The number of nitro groups is 1. The maximum atomic E-state index is 11.6. The second-order valence-corrected chi connectivity index (χ2v) is 6.58. The van der Waals surface area contributed by atoms with Gasteiger partial charge in [-0.1, -0.05) is 24.3 Å². The number of allylic oxidation sites excluding steroid dienone is 2. The van der Waals surface area contributed by atoms with Gasteiger partial charge in [-0.25, -0.2) is 0 Å². The van der Waals surface area contributed by atoms with E-state index >= 15 is 0 Å². The molecule has 0 fully saturated rings. The highest BCUT2D eigenvalue weighted by atomic mass is 16.6. The fraction of sp³-hybridized carbons (Fsp3) is 0.300. The number of fused-ring (bicyclic) bond motifs is 3. The largest absolute Gasteiger partial charge is 0.497 e. The summed E-state index contributed by atoms with van der Waals surface area (Å²) >= 11 is 0. The molecule has 134 valence electrons. The van der Waals surface area contributed by atoms with Crippen LogP contribution >= 0.6 is 0 Å². The summed E-state index contributed by atoms with van der Waals surface area (Å²) in [7, 11) is 3.23. The van der Waals surface area contributed by atoms with Gasteiger partial charge in [0.2, 0.25) is 0 Å². The standard InChI is InChI=1S/C20H20N2O4/c1-25-13-8-6-12(7-9-13)19-15-5-3-4-14(15)18-16(22(23)24)10-11-17(26-2)20(18)21-19/h3-4,6-11,14-15,19,21H,5H2,1-2H3. The molecule has 1 aliphatic carbocycles. The predicted molar refractivity (Wildman–Crippen MR) is 99.0 cm³/mol. The number of nitrogens with one attached hydrogen (secondary N) is 1. The number of rotatable bonds is 4. The Morgan fingerprint density at radius 1 is 1.12 bits per heavy atom. The number of methoxy groups -OCH3 is 2. The molecule has 0 radical (unpaired) electrons. The van der Waals surface area contributed by atoms with Crippen molar-refractivity contribution in [3.63, 3.8) is 0 Å². The van der Waals surface area contributed by atoms with Gasteiger partial charge in [0.15, 0.2) is 0 Å². The highest BCUT2D eigenvalue weighted by Gasteiger charge is 2.42. The van der Waals surface area contributed by atoms with Crippen LogP contribution in [0.4, 0.5) is 11.4 Å². The van der Waals surface area contributed by atoms with Gasteiger partial charge < -0.3 is 14.8 Å². The highest BCUT2D eigenvalue weighted by Crippen LogP contribution is 2.54. The Morgan fingerprint density at radius 3 is 2.54 bits per heavy atom. The zero-order chi connectivity index (χ0) is 18.3. The lowest BCUT2D eigenvalue weighted by Gasteiger charge is -2.37. The molecule has 0 saturated heterocycles. The van der Waals surface area contributed by atoms with Gasteiger partial charge in [-0.3, -0.25) is 10.1 Å². The van der Waals surface area contributed by atoms with E-state index in [-0.39, 0.29) is 28.5 Å². The monoisotopic (exact) mass is 352 g/mol. The number of anilines is 1. The highest BCUT2D eigenvalue weighted by molar-refractivity contribution is 5.73. The molecule has 0 aromatic heterocycles. The van der Waals surface area contributed by atoms with E-state index in [0.29, 0.717) is 5.75 Å². The minimum Gasteiger partial charge on any atom is -0.497 e. The average Bonchev–Trinajstić information content (AvgIpc) is 3.16. The number of nitro benzene ring substituents is 1. The van der Waals surface area contributed by atoms with Crippen LogP contribution in [-0.2, 0) is 0 Å². The second kappa shape index (κ2) is 6.37. The molecule has 3 atom stereocenters. The van der Waals surface area contributed by atoms with Gasteiger partial charge in [-0.05, 0) is 36.1 Å². The first-order chi connectivity index (χ1) is 12.6. The lowest BCUT2D eigenvalue weighted by molar-refractivity contribution is -0.385. The molecule has 4 rings (SSSR count). The minimum atomic E-state index is -0.309. The van der Waals surface area contributed by atoms with E-state index in [4.69, 9.17) is 9.47 Å². The lowest BCUT2D eigenvalue weighted by atomic mass is 9.76. The van der Waals surface area contributed by atoms with Gasteiger partial charge in [0.1, 0.15) is 11.5 Å². The van der Waals surface area contributed by atoms with Gasteiger partial charge in [-0.2, -0.15) is 0 Å². The lowest BCUT2D eigenvalue weighted by Crippen LogP contribution is -2.30. The Labute approximate surface area is 151 Å². The van der Waals surface area contributed by atoms with E-state index in [1.165, 1.54) is 6.07 Å². The van der Waals surface area contributed by atoms with Gasteiger partial charge in [0, 0.05) is 12.0 Å². The molecule has 3 unspecified atom stereocenters. The van der Waals surface area contributed by atoms with Crippen LogP contribution in [0.2, 0.25) is 0 Å². The third-order valence-electron chi connectivity index (χ3n) is 5.35. The first-order valence-electron chi connectivity index (χ1n) is 8.56. The molecule has 2 aliphatic rings. The quantitative estimate of drug-likeness (QED) is 0.500. The van der Waals surface area contributed by atoms with Crippen LogP contribution in [0.1, 0.15) is 29.5 Å². The smallest absolute Gasteiger partial charge is 0.275 e. The van der Waals surface area contributed by atoms with E-state index in [9.17, 15) is 10.1 Å². The summed E-state index contributed by atoms with van der Waals surface area (Å²) in [6.07, 6.45) is 5.08. The van der Waals surface area contributed by atoms with Crippen molar-refractivity contribution < 1.29 is 14.4 Å². The van der Waals surface area contributed by atoms with Gasteiger partial charge in [-0.15, -0.1) is 0 Å². The first kappa shape index (κ1) is 16.4. The third-order valence-corrected chi connectivity index (χ3v) is 5.35. The van der Waals surface area contributed by atoms with Crippen molar-refractivity contribution in [3.05, 3.63) is 69.8 Å². The Balaban J connectivity index is 1.84. The van der Waals surface area contributed by atoms with E-state index in [1.54, 1.807) is 20.3 Å². The fourth-order valence-corrected chi connectivity index (χ4v) is 4.13. The van der Waals surface area contributed by atoms with Gasteiger partial charge in [0.05, 0.1) is 36.4 Å². The summed E-state index contributed by atoms with van der Waals surface area (Å²) in [6, 6.07) is 11.2. The van der Waals surface area contributed by atoms with Crippen molar-refractivity contribution in [2.45, 2.75) is 18.4 Å². The molecule has 0 spiro atoms. The molecule has 0 bridgehead atoms. The molecule has 2 aromatic carbocycles. The molecule has 0 amide bonds. The van der Waals surface area contributed by atoms with Crippen LogP contribution in [0, 0.1) is 16.0 Å². The number of ether oxygens (including phenoxy) is 2. The predicted octanol–water partition coefficient (Wildman–Crippen LogP) is 4.44. The van der Waals surface area contributed by atoms with Gasteiger partial charge in [0.25, 0.3) is 5.69 Å². The molecule has 1 heterocycles. The van der Waals surface area contributed by atoms with Crippen LogP contribution in [0.15, 0.2) is 48.6 Å². The molecule has 2 aromatic rings. The summed E-state index contributed by atoms with van der Waals surface area (Å²) < 4.78 is 10.7. The van der Waals surface area contributed by atoms with Crippen LogP contribution in [0.5, 0.6) is 11.5 Å². The van der Waals surface area contributed by atoms with Crippen LogP contribution in [0.25, 0.3) is 0 Å². The summed E-state index contributed by atoms with van der Waals surface area (Å²) in [5, 5.41) is 15.1. The maximum Gasteiger partial charge on any atom is 0.275 e. The second-order valence-electron chi connectivity index (χ2n) is 6.58. The summed E-state index contributed by atoms with van der Waals surface area (Å²) in [5.41, 5.74) is 2.71. The molecule has 6 nitrogen and oxygen atoms in total. The topological polar surface area (TPSA) is 73.6 Å². The molecular formula is C20H20N2O4. The van der Waals surface area contributed by atoms with Crippen molar-refractivity contribution in [2.24, 2.45) is 5.92 Å². The molecular weight excluding hydrogens is 332 g/mol. The van der Waals surface area contributed by atoms with Crippen molar-refractivity contribution in [1.82, 2.24) is 0 Å². The Hall–Kier alpha value is -3.02. The van der Waals surface area contributed by atoms with Crippen LogP contribution in [-0.4, -0.2) is 19.1 Å². The average molecular weight is 352 g/mol. The van der Waals surface area contributed by atoms with Crippen LogP contribution in [0.3, 0.4) is 0 Å². The third kappa shape index (κ3) is 2.49. The van der Waals surface area contributed by atoms with Crippen molar-refractivity contribution >= 4 is 11.4 Å². The number of nitrogens with zero attached hydrogens (tertiary/aromatic N) is 1. The zero-order valence-electron chi connectivity index (χ0n) is 14.6. The molecule has 26 heavy (non-hydrogen) atoms. The SMILES string of the molecule is COc1ccc(C2Nc3c(OC)ccc([N+](=O)[O-])c3C3C=CCC32)cc1. The number of benzene rings is 2. The van der Waals surface area contributed by atoms with Gasteiger partial charge >= 0.3 is 0 Å². The fourth-order valence-electron chi connectivity index (χ4n) is 4.13. The van der Waals surface area contributed by atoms with E-state index in [1.807, 2.05) is 24.3 Å². The first-order valence-corrected chi connectivity index (χ1v) is 8.56. The normalized spacial score (nSPS) is 22.9. The molecule has 1 N–H and O–H groups in total. The molecule has 6 heteroatoms.